The molecule has 2 aromatic carbocycles. The number of amides is 1. The van der Waals surface area contributed by atoms with Crippen LogP contribution in [0.25, 0.3) is 0 Å². The molecule has 0 unspecified atom stereocenters. The summed E-state index contributed by atoms with van der Waals surface area (Å²) in [6.45, 7) is 0. The van der Waals surface area contributed by atoms with Crippen LogP contribution in [0.15, 0.2) is 24.3 Å². The van der Waals surface area contributed by atoms with Crippen molar-refractivity contribution in [3.8, 4) is 0 Å². The molecule has 2 rings (SSSR count). The van der Waals surface area contributed by atoms with E-state index in [0.717, 1.165) is 12.1 Å². The van der Waals surface area contributed by atoms with Gasteiger partial charge in [-0.25, -0.2) is 0 Å². The van der Waals surface area contributed by atoms with Gasteiger partial charge in [0.15, 0.2) is 0 Å². The van der Waals surface area contributed by atoms with Gasteiger partial charge in [-0.15, -0.1) is 0 Å². The minimum absolute atomic E-state index is 0.0577. The van der Waals surface area contributed by atoms with E-state index in [1.54, 1.807) is 0 Å². The molecule has 0 fully saturated rings. The first kappa shape index (κ1) is 21.7. The number of alkyl halides is 3. The molecule has 1 amide bonds. The van der Waals surface area contributed by atoms with Gasteiger partial charge < -0.3 is 0 Å². The third-order valence-electron chi connectivity index (χ3n) is 3.39. The van der Waals surface area contributed by atoms with Crippen LogP contribution < -0.4 is 4.90 Å². The van der Waals surface area contributed by atoms with Crippen LogP contribution in [0.1, 0.15) is 5.56 Å². The number of hydrogen-bond acceptors (Lipinski definition) is 5. The molecular weight excluding hydrogens is 454 g/mol. The number of carbonyl (C=O) groups excluding carboxylic acids is 1. The Morgan fingerprint density at radius 2 is 1.36 bits per heavy atom. The molecule has 0 spiro atoms. The number of benzene rings is 2. The fourth-order valence-electron chi connectivity index (χ4n) is 2.22. The van der Waals surface area contributed by atoms with Crippen LogP contribution in [0.3, 0.4) is 0 Å². The highest BCUT2D eigenvalue weighted by atomic mass is 35.5. The number of hydrogen-bond donors (Lipinski definition) is 0. The molecule has 2 aromatic rings. The molecule has 28 heavy (non-hydrogen) atoms. The first-order chi connectivity index (χ1) is 12.9. The molecule has 0 heterocycles. The molecule has 0 aromatic heterocycles. The molecule has 0 saturated carbocycles. The van der Waals surface area contributed by atoms with Crippen LogP contribution in [0, 0.1) is 20.2 Å². The third-order valence-corrected chi connectivity index (χ3v) is 4.41. The van der Waals surface area contributed by atoms with E-state index in [-0.39, 0.29) is 39.3 Å². The van der Waals surface area contributed by atoms with Gasteiger partial charge in [-0.05, 0) is 12.1 Å². The van der Waals surface area contributed by atoms with Crippen LogP contribution in [0.4, 0.5) is 35.9 Å². The summed E-state index contributed by atoms with van der Waals surface area (Å²) in [6, 6.07) is 2.18. The molecule has 0 bridgehead atoms. The Bertz CT molecular complexity index is 965. The van der Waals surface area contributed by atoms with Gasteiger partial charge in [0.25, 0.3) is 0 Å². The van der Waals surface area contributed by atoms with E-state index in [1.807, 2.05) is 0 Å². The maximum absolute atomic E-state index is 13.0. The van der Waals surface area contributed by atoms with Crippen molar-refractivity contribution in [2.75, 3.05) is 4.90 Å². The van der Waals surface area contributed by atoms with Gasteiger partial charge in [-0.1, -0.05) is 34.8 Å². The lowest BCUT2D eigenvalue weighted by atomic mass is 10.1. The zero-order valence-corrected chi connectivity index (χ0v) is 15.3. The smallest absolute Gasteiger partial charge is 0.278 e. The van der Waals surface area contributed by atoms with Crippen LogP contribution in [0.5, 0.6) is 0 Å². The number of rotatable bonds is 5. The third kappa shape index (κ3) is 4.11. The molecule has 0 N–H and O–H groups in total. The highest BCUT2D eigenvalue weighted by Crippen LogP contribution is 2.47. The zero-order valence-electron chi connectivity index (χ0n) is 13.0. The zero-order chi connectivity index (χ0) is 21.4. The number of anilines is 2. The number of nitro groups is 2. The van der Waals surface area contributed by atoms with Crippen LogP contribution >= 0.6 is 34.8 Å². The molecule has 0 aliphatic rings. The normalized spacial score (nSPS) is 11.2. The van der Waals surface area contributed by atoms with E-state index in [0.29, 0.717) is 4.90 Å². The second kappa shape index (κ2) is 7.78. The van der Waals surface area contributed by atoms with Crippen molar-refractivity contribution in [3.05, 3.63) is 65.1 Å². The van der Waals surface area contributed by atoms with Crippen molar-refractivity contribution in [3.63, 3.8) is 0 Å². The van der Waals surface area contributed by atoms with Gasteiger partial charge in [-0.3, -0.25) is 29.9 Å². The lowest BCUT2D eigenvalue weighted by Gasteiger charge is -2.20. The predicted octanol–water partition coefficient (Wildman–Crippen LogP) is 5.78. The van der Waals surface area contributed by atoms with Crippen LogP contribution in [0.2, 0.25) is 15.1 Å². The second-order valence-electron chi connectivity index (χ2n) is 5.07. The van der Waals surface area contributed by atoms with Gasteiger partial charge >= 0.3 is 17.6 Å². The predicted molar refractivity (Wildman–Crippen MR) is 94.4 cm³/mol. The summed E-state index contributed by atoms with van der Waals surface area (Å²) in [4.78, 5) is 32.0. The topological polar surface area (TPSA) is 107 Å². The minimum atomic E-state index is -5.11. The fraction of sp³-hybridized carbons (Fsp3) is 0.0714. The van der Waals surface area contributed by atoms with E-state index in [1.165, 1.54) is 0 Å². The van der Waals surface area contributed by atoms with E-state index in [4.69, 9.17) is 34.8 Å². The molecule has 8 nitrogen and oxygen atoms in total. The summed E-state index contributed by atoms with van der Waals surface area (Å²) >= 11 is 17.5. The molecule has 0 radical (unpaired) electrons. The Balaban J connectivity index is 2.92. The van der Waals surface area contributed by atoms with Gasteiger partial charge in [0, 0.05) is 12.1 Å². The van der Waals surface area contributed by atoms with Gasteiger partial charge in [0.2, 0.25) is 12.1 Å². The van der Waals surface area contributed by atoms with E-state index in [2.05, 4.69) is 0 Å². The summed E-state index contributed by atoms with van der Waals surface area (Å²) in [5.74, 6) is 0. The summed E-state index contributed by atoms with van der Waals surface area (Å²) in [7, 11) is 0. The largest absolute Gasteiger partial charge is 0.416 e. The lowest BCUT2D eigenvalue weighted by Crippen LogP contribution is -2.19. The van der Waals surface area contributed by atoms with E-state index < -0.39 is 38.6 Å². The first-order valence-electron chi connectivity index (χ1n) is 6.81. The van der Waals surface area contributed by atoms with Crippen molar-refractivity contribution in [2.45, 2.75) is 6.18 Å². The Hall–Kier alpha value is -2.63. The number of nitrogens with zero attached hydrogens (tertiary/aromatic N) is 3. The molecule has 0 aliphatic heterocycles. The van der Waals surface area contributed by atoms with Gasteiger partial charge in [-0.2, -0.15) is 13.2 Å². The average molecular weight is 459 g/mol. The molecular formula is C14H5Cl3F3N3O5. The highest BCUT2D eigenvalue weighted by Gasteiger charge is 2.40. The first-order valence-corrected chi connectivity index (χ1v) is 7.95. The van der Waals surface area contributed by atoms with Crippen molar-refractivity contribution >= 4 is 64.0 Å². The van der Waals surface area contributed by atoms with Crippen molar-refractivity contribution in [1.29, 1.82) is 0 Å². The Morgan fingerprint density at radius 1 is 0.893 bits per heavy atom. The standard InChI is InChI=1S/C14H5Cl3F3N3O5/c15-7-3-9(17)10(4-8(7)16)21(5-24)13-11(22(25)26)1-6(14(18,19)20)2-12(13)23(27)28/h1-5H. The monoisotopic (exact) mass is 457 g/mol. The Morgan fingerprint density at radius 3 is 1.75 bits per heavy atom. The minimum Gasteiger partial charge on any atom is -0.278 e. The molecule has 0 saturated heterocycles. The second-order valence-corrected chi connectivity index (χ2v) is 6.29. The maximum atomic E-state index is 13.0. The number of halogens is 6. The molecule has 0 atom stereocenters. The fourth-order valence-corrected chi connectivity index (χ4v) is 2.85. The van der Waals surface area contributed by atoms with Crippen molar-refractivity contribution in [2.24, 2.45) is 0 Å². The van der Waals surface area contributed by atoms with Crippen molar-refractivity contribution < 1.29 is 27.8 Å². The van der Waals surface area contributed by atoms with Crippen molar-refractivity contribution in [1.82, 2.24) is 0 Å². The summed E-state index contributed by atoms with van der Waals surface area (Å²) in [5.41, 5.74) is -5.71. The SMILES string of the molecule is O=CN(c1cc(Cl)c(Cl)cc1Cl)c1c([N+](=O)[O-])cc(C(F)(F)F)cc1[N+](=O)[O-]. The molecule has 148 valence electrons. The molecule has 14 heteroatoms. The van der Waals surface area contributed by atoms with E-state index in [9.17, 15) is 38.2 Å². The summed E-state index contributed by atoms with van der Waals surface area (Å²) < 4.78 is 39.0. The highest BCUT2D eigenvalue weighted by molar-refractivity contribution is 6.44. The van der Waals surface area contributed by atoms with Gasteiger partial charge in [0.1, 0.15) is 0 Å². The lowest BCUT2D eigenvalue weighted by molar-refractivity contribution is -0.392. The summed E-state index contributed by atoms with van der Waals surface area (Å²) in [6.07, 6.45) is -5.20. The Kier molecular flexibility index (Phi) is 6.02. The van der Waals surface area contributed by atoms with Crippen LogP contribution in [-0.2, 0) is 11.0 Å². The van der Waals surface area contributed by atoms with Gasteiger partial charge in [0.05, 0.1) is 36.2 Å². The van der Waals surface area contributed by atoms with E-state index >= 15 is 0 Å². The number of carbonyl (C=O) groups is 1. The quantitative estimate of drug-likeness (QED) is 0.244. The molecule has 0 aliphatic carbocycles. The summed E-state index contributed by atoms with van der Waals surface area (Å²) in [5, 5.41) is 22.1. The van der Waals surface area contributed by atoms with Crippen LogP contribution in [-0.4, -0.2) is 16.3 Å². The average Bonchev–Trinajstić information content (AvgIpc) is 2.58. The Labute approximate surface area is 168 Å². The maximum Gasteiger partial charge on any atom is 0.416 e. The number of nitro benzene ring substituents is 2.